The third-order valence-corrected chi connectivity index (χ3v) is 3.14. The topological polar surface area (TPSA) is 69.0 Å². The van der Waals surface area contributed by atoms with E-state index < -0.39 is 12.5 Å². The average Bonchev–Trinajstić information content (AvgIpc) is 3.09. The Morgan fingerprint density at radius 3 is 2.75 bits per heavy atom. The monoisotopic (exact) mass is 330 g/mol. The molecule has 6 nitrogen and oxygen atoms in total. The predicted octanol–water partition coefficient (Wildman–Crippen LogP) is 3.12. The Morgan fingerprint density at radius 2 is 2.00 bits per heavy atom. The minimum atomic E-state index is -2.95. The number of halogens is 2. The van der Waals surface area contributed by atoms with Crippen molar-refractivity contribution in [2.24, 2.45) is 0 Å². The highest BCUT2D eigenvalue weighted by Crippen LogP contribution is 2.21. The van der Waals surface area contributed by atoms with E-state index in [0.717, 1.165) is 0 Å². The maximum atomic E-state index is 12.4. The summed E-state index contributed by atoms with van der Waals surface area (Å²) in [6, 6.07) is 12.6. The van der Waals surface area contributed by atoms with Gasteiger partial charge in [0.25, 0.3) is 5.91 Å². The molecule has 3 aromatic rings. The molecule has 0 atom stereocenters. The number of carbonyl (C=O) groups excluding carboxylic acids is 1. The van der Waals surface area contributed by atoms with E-state index in [4.69, 9.17) is 0 Å². The fourth-order valence-corrected chi connectivity index (χ4v) is 2.12. The van der Waals surface area contributed by atoms with Gasteiger partial charge in [0, 0.05) is 5.56 Å². The Hall–Kier alpha value is -3.29. The van der Waals surface area contributed by atoms with Gasteiger partial charge in [-0.15, -0.1) is 0 Å². The maximum Gasteiger partial charge on any atom is 0.387 e. The zero-order valence-electron chi connectivity index (χ0n) is 12.3. The third-order valence-electron chi connectivity index (χ3n) is 3.14. The molecule has 122 valence electrons. The van der Waals surface area contributed by atoms with Gasteiger partial charge in [-0.05, 0) is 30.3 Å². The number of hydrogen-bond donors (Lipinski definition) is 1. The van der Waals surface area contributed by atoms with E-state index in [1.54, 1.807) is 24.3 Å². The zero-order valence-corrected chi connectivity index (χ0v) is 12.3. The first-order valence-electron chi connectivity index (χ1n) is 6.94. The van der Waals surface area contributed by atoms with Crippen LogP contribution in [0.5, 0.6) is 5.75 Å². The molecule has 0 aliphatic rings. The van der Waals surface area contributed by atoms with Crippen molar-refractivity contribution in [3.8, 4) is 11.4 Å². The number of alkyl halides is 2. The van der Waals surface area contributed by atoms with Crippen LogP contribution < -0.4 is 10.1 Å². The van der Waals surface area contributed by atoms with Crippen molar-refractivity contribution in [3.05, 3.63) is 66.7 Å². The molecule has 1 aromatic heterocycles. The molecule has 2 aromatic carbocycles. The number of nitrogens with zero attached hydrogens (tertiary/aromatic N) is 3. The normalized spacial score (nSPS) is 10.6. The second-order valence-corrected chi connectivity index (χ2v) is 4.72. The van der Waals surface area contributed by atoms with Gasteiger partial charge in [0.15, 0.2) is 0 Å². The number of aromatic nitrogens is 3. The Bertz CT molecular complexity index is 838. The molecule has 0 saturated carbocycles. The molecule has 0 aliphatic heterocycles. The van der Waals surface area contributed by atoms with Crippen LogP contribution in [0.25, 0.3) is 5.69 Å². The Kier molecular flexibility index (Phi) is 4.46. The predicted molar refractivity (Wildman–Crippen MR) is 82.4 cm³/mol. The van der Waals surface area contributed by atoms with Gasteiger partial charge >= 0.3 is 6.61 Å². The number of nitrogens with one attached hydrogen (secondary N) is 1. The molecule has 0 bridgehead atoms. The lowest BCUT2D eigenvalue weighted by Crippen LogP contribution is -2.14. The molecule has 0 unspecified atom stereocenters. The minimum absolute atomic E-state index is 0.0813. The van der Waals surface area contributed by atoms with E-state index in [-0.39, 0.29) is 11.3 Å². The lowest BCUT2D eigenvalue weighted by atomic mass is 10.2. The molecule has 0 aliphatic carbocycles. The van der Waals surface area contributed by atoms with Gasteiger partial charge in [0.1, 0.15) is 18.4 Å². The number of benzene rings is 2. The van der Waals surface area contributed by atoms with Crippen molar-refractivity contribution in [2.75, 3.05) is 5.32 Å². The average molecular weight is 330 g/mol. The van der Waals surface area contributed by atoms with Crippen molar-refractivity contribution in [3.63, 3.8) is 0 Å². The Morgan fingerprint density at radius 1 is 1.17 bits per heavy atom. The van der Waals surface area contributed by atoms with Crippen LogP contribution in [-0.2, 0) is 0 Å². The highest BCUT2D eigenvalue weighted by molar-refractivity contribution is 6.05. The lowest BCUT2D eigenvalue weighted by Gasteiger charge is -2.11. The molecule has 0 saturated heterocycles. The summed E-state index contributed by atoms with van der Waals surface area (Å²) in [5, 5.41) is 6.75. The molecule has 0 fully saturated rings. The summed E-state index contributed by atoms with van der Waals surface area (Å²) in [6.07, 6.45) is 2.88. The quantitative estimate of drug-likeness (QED) is 0.780. The molecule has 1 heterocycles. The van der Waals surface area contributed by atoms with Crippen LogP contribution in [0.2, 0.25) is 0 Å². The molecule has 1 N–H and O–H groups in total. The van der Waals surface area contributed by atoms with Crippen LogP contribution in [0.4, 0.5) is 14.5 Å². The molecule has 0 radical (unpaired) electrons. The number of para-hydroxylation sites is 2. The standard InChI is InChI=1S/C16H12F2N4O2/c17-16(18)24-12-5-3-4-11(8-12)15(23)21-13-6-1-2-7-14(13)22-10-19-9-20-22/h1-10,16H,(H,21,23). The highest BCUT2D eigenvalue weighted by atomic mass is 19.3. The Balaban J connectivity index is 1.83. The summed E-state index contributed by atoms with van der Waals surface area (Å²) >= 11 is 0. The van der Waals surface area contributed by atoms with Crippen LogP contribution in [-0.4, -0.2) is 27.3 Å². The van der Waals surface area contributed by atoms with Crippen LogP contribution >= 0.6 is 0 Å². The van der Waals surface area contributed by atoms with Crippen LogP contribution in [0.15, 0.2) is 61.2 Å². The van der Waals surface area contributed by atoms with Gasteiger partial charge < -0.3 is 10.1 Å². The van der Waals surface area contributed by atoms with E-state index in [1.165, 1.54) is 41.6 Å². The minimum Gasteiger partial charge on any atom is -0.435 e. The van der Waals surface area contributed by atoms with Gasteiger partial charge in [-0.2, -0.15) is 13.9 Å². The van der Waals surface area contributed by atoms with Gasteiger partial charge in [-0.25, -0.2) is 9.67 Å². The van der Waals surface area contributed by atoms with Gasteiger partial charge in [-0.3, -0.25) is 4.79 Å². The van der Waals surface area contributed by atoms with Crippen LogP contribution in [0, 0.1) is 0 Å². The number of carbonyl (C=O) groups is 1. The van der Waals surface area contributed by atoms with Crippen molar-refractivity contribution in [1.82, 2.24) is 14.8 Å². The van der Waals surface area contributed by atoms with Gasteiger partial charge in [-0.1, -0.05) is 18.2 Å². The summed E-state index contributed by atoms with van der Waals surface area (Å²) < 4.78 is 30.4. The summed E-state index contributed by atoms with van der Waals surface area (Å²) in [4.78, 5) is 16.2. The maximum absolute atomic E-state index is 12.4. The first kappa shape index (κ1) is 15.6. The molecule has 3 rings (SSSR count). The summed E-state index contributed by atoms with van der Waals surface area (Å²) in [5.41, 5.74) is 1.33. The van der Waals surface area contributed by atoms with Gasteiger partial charge in [0.05, 0.1) is 11.4 Å². The summed E-state index contributed by atoms with van der Waals surface area (Å²) in [5.74, 6) is -0.538. The molecule has 24 heavy (non-hydrogen) atoms. The largest absolute Gasteiger partial charge is 0.435 e. The SMILES string of the molecule is O=C(Nc1ccccc1-n1cncn1)c1cccc(OC(F)F)c1. The van der Waals surface area contributed by atoms with E-state index in [9.17, 15) is 13.6 Å². The molecule has 1 amide bonds. The van der Waals surface area contributed by atoms with Crippen LogP contribution in [0.3, 0.4) is 0 Å². The smallest absolute Gasteiger partial charge is 0.387 e. The van der Waals surface area contributed by atoms with E-state index >= 15 is 0 Å². The molecule has 8 heteroatoms. The first-order valence-corrected chi connectivity index (χ1v) is 6.94. The first-order chi connectivity index (χ1) is 11.6. The number of ether oxygens (including phenoxy) is 1. The highest BCUT2D eigenvalue weighted by Gasteiger charge is 2.12. The van der Waals surface area contributed by atoms with E-state index in [2.05, 4.69) is 20.1 Å². The molecular weight excluding hydrogens is 318 g/mol. The lowest BCUT2D eigenvalue weighted by molar-refractivity contribution is -0.0498. The molecular formula is C16H12F2N4O2. The third kappa shape index (κ3) is 3.54. The van der Waals surface area contributed by atoms with Crippen LogP contribution in [0.1, 0.15) is 10.4 Å². The van der Waals surface area contributed by atoms with Crippen molar-refractivity contribution < 1.29 is 18.3 Å². The second kappa shape index (κ2) is 6.86. The Labute approximate surface area is 135 Å². The van der Waals surface area contributed by atoms with Gasteiger partial charge in [0.2, 0.25) is 0 Å². The fraction of sp³-hybridized carbons (Fsp3) is 0.0625. The zero-order chi connectivity index (χ0) is 16.9. The van der Waals surface area contributed by atoms with E-state index in [0.29, 0.717) is 11.4 Å². The summed E-state index contributed by atoms with van der Waals surface area (Å²) in [6.45, 7) is -2.95. The number of anilines is 1. The fourth-order valence-electron chi connectivity index (χ4n) is 2.12. The number of hydrogen-bond acceptors (Lipinski definition) is 4. The van der Waals surface area contributed by atoms with Crippen molar-refractivity contribution in [1.29, 1.82) is 0 Å². The van der Waals surface area contributed by atoms with E-state index in [1.807, 2.05) is 0 Å². The second-order valence-electron chi connectivity index (χ2n) is 4.72. The molecule has 0 spiro atoms. The number of amides is 1. The van der Waals surface area contributed by atoms with Crippen molar-refractivity contribution in [2.45, 2.75) is 6.61 Å². The number of rotatable bonds is 5. The summed E-state index contributed by atoms with van der Waals surface area (Å²) in [7, 11) is 0. The van der Waals surface area contributed by atoms with Crippen molar-refractivity contribution >= 4 is 11.6 Å².